The summed E-state index contributed by atoms with van der Waals surface area (Å²) in [4.78, 5) is 21.0. The highest BCUT2D eigenvalue weighted by Crippen LogP contribution is 2.56. The molecule has 13 nitrogen and oxygen atoms in total. The monoisotopic (exact) mass is 1590 g/mol. The topological polar surface area (TPSA) is 230 Å². The van der Waals surface area contributed by atoms with Crippen LogP contribution in [0, 0.1) is 0 Å². The molecule has 0 amide bonds. The normalized spacial score (nSPS) is 22.3. The van der Waals surface area contributed by atoms with Crippen molar-refractivity contribution in [3.8, 4) is 0 Å². The van der Waals surface area contributed by atoms with Gasteiger partial charge < -0.3 is 6.15 Å². The van der Waals surface area contributed by atoms with E-state index in [2.05, 4.69) is 91.0 Å². The molecule has 4 unspecified atom stereocenters. The van der Waals surface area contributed by atoms with Gasteiger partial charge in [-0.3, -0.25) is 20.2 Å². The fourth-order valence-corrected chi connectivity index (χ4v) is 11.0. The lowest BCUT2D eigenvalue weighted by Gasteiger charge is -2.34. The second-order valence-electron chi connectivity index (χ2n) is 15.6. The smallest absolute Gasteiger partial charge is 0.344 e. The molecule has 5 N–H and O–H groups in total. The summed E-state index contributed by atoms with van der Waals surface area (Å²) in [5.74, 6) is -17.0. The van der Waals surface area contributed by atoms with Crippen LogP contribution in [0.2, 0.25) is 0 Å². The number of carbonyl (C=O) groups is 2. The van der Waals surface area contributed by atoms with E-state index < -0.39 is 172 Å². The fraction of sp³-hybridized carbons (Fsp3) is 0.436. The zero-order valence-electron chi connectivity index (χ0n) is 41.7. The van der Waals surface area contributed by atoms with Crippen molar-refractivity contribution in [1.29, 1.82) is 0 Å². The van der Waals surface area contributed by atoms with Gasteiger partial charge in [-0.15, -0.1) is 0 Å². The van der Waals surface area contributed by atoms with Crippen molar-refractivity contribution in [2.24, 2.45) is 0 Å². The van der Waals surface area contributed by atoms with Gasteiger partial charge in [0.15, 0.2) is 0 Å². The summed E-state index contributed by atoms with van der Waals surface area (Å²) in [5.41, 5.74) is -14.7. The predicted octanol–water partition coefficient (Wildman–Crippen LogP) is 11.8. The molecular weight excluding hydrogens is 1560 g/mol. The third-order valence-corrected chi connectivity index (χ3v) is 15.7. The van der Waals surface area contributed by atoms with Crippen LogP contribution >= 0.6 is 39.8 Å². The van der Waals surface area contributed by atoms with Gasteiger partial charge in [-0.2, -0.15) is 122 Å². The van der Waals surface area contributed by atoms with Crippen LogP contribution in [0.1, 0.15) is 6.42 Å². The minimum atomic E-state index is -6.76. The number of nitrogens with one attached hydrogen (secondary N) is 2. The molecule has 2 saturated heterocycles. The Kier molecular flexibility index (Phi) is 32.3. The number of hydrogen-bond donors (Lipinski definition) is 3. The number of Topliss-reactive ketones (excluding diaryl/α,β-unsaturated/α-hetero) is 2. The molecular formula is C39H30Br2F30N3O10PS4. The van der Waals surface area contributed by atoms with E-state index in [0.717, 1.165) is 10.6 Å². The van der Waals surface area contributed by atoms with Gasteiger partial charge in [0.1, 0.15) is 23.7 Å². The molecule has 2 fully saturated rings. The highest BCUT2D eigenvalue weighted by molar-refractivity contribution is 9.25. The Hall–Kier alpha value is -4.42. The van der Waals surface area contributed by atoms with Gasteiger partial charge in [0, 0.05) is 44.9 Å². The zero-order valence-corrected chi connectivity index (χ0v) is 49.0. The number of carbonyl (C=O) groups excluding carboxylic acids is 2. The van der Waals surface area contributed by atoms with Crippen LogP contribution in [0.3, 0.4) is 0 Å². The molecule has 3 aromatic rings. The quantitative estimate of drug-likeness (QED) is 0.0935. The molecule has 2 heterocycles. The standard InChI is InChI=1S/C18H15P.C8H5F10NO2S.C7H5F8NO3S.C5H2F8O.CBr2F2.F2O2S.H3N.O2S/c1-4-10-16(11-5-1)19(17-12-6-2-7-13-17)18-14-8-3-9-15-18;9-4(10)3-5(11,7(13,14)15)1-19-2-22(20,21)6(3,12)8(16,17)18;8-4(6(10,11)12)1-16-2-20(18,19)5(9,3(4)17)7(13,14)15;6-3(7,8)1-2(14)4(9,10)5(11,12)13;2-1(3,4)5;1-5(2,3)4;;1-3-2/h1-15H;19H,1-2H2;16H,1-2H2;1H2;;;1H3;. The largest absolute Gasteiger partial charge is 0.476 e. The maximum atomic E-state index is 14.0. The Morgan fingerprint density at radius 3 is 1.02 bits per heavy atom. The summed E-state index contributed by atoms with van der Waals surface area (Å²) >= 11 is 3.17. The lowest BCUT2D eigenvalue weighted by Crippen LogP contribution is -2.64. The second-order valence-corrected chi connectivity index (χ2v) is 26.0. The molecule has 2 aliphatic rings. The highest BCUT2D eigenvalue weighted by atomic mass is 79.9. The number of halogens is 32. The summed E-state index contributed by atoms with van der Waals surface area (Å²) in [6.45, 7) is -4.47. The first-order valence-electron chi connectivity index (χ1n) is 20.7. The van der Waals surface area contributed by atoms with Gasteiger partial charge in [0.25, 0.3) is 11.7 Å². The predicted molar refractivity (Wildman–Crippen MR) is 257 cm³/mol. The number of benzene rings is 3. The minimum absolute atomic E-state index is 0. The maximum Gasteiger partial charge on any atom is 0.476 e. The van der Waals surface area contributed by atoms with Crippen molar-refractivity contribution in [3.05, 3.63) is 103 Å². The zero-order chi connectivity index (χ0) is 70.4. The Morgan fingerprint density at radius 1 is 0.539 bits per heavy atom. The third kappa shape index (κ3) is 24.9. The molecule has 4 atom stereocenters. The van der Waals surface area contributed by atoms with E-state index in [1.54, 1.807) is 0 Å². The van der Waals surface area contributed by atoms with Gasteiger partial charge in [-0.05, 0) is 23.8 Å². The molecule has 0 saturated carbocycles. The summed E-state index contributed by atoms with van der Waals surface area (Å²) in [6, 6.07) is 32.3. The number of sulfone groups is 2. The van der Waals surface area contributed by atoms with E-state index in [0.29, 0.717) is 0 Å². The Morgan fingerprint density at radius 2 is 0.798 bits per heavy atom. The van der Waals surface area contributed by atoms with Crippen LogP contribution in [-0.4, -0.2) is 138 Å². The first-order valence-corrected chi connectivity index (χ1v) is 28.9. The summed E-state index contributed by atoms with van der Waals surface area (Å²) in [7, 11) is -18.5. The van der Waals surface area contributed by atoms with Crippen molar-refractivity contribution in [1.82, 2.24) is 16.8 Å². The molecule has 514 valence electrons. The van der Waals surface area contributed by atoms with Crippen LogP contribution in [-0.2, 0) is 51.4 Å². The van der Waals surface area contributed by atoms with E-state index >= 15 is 0 Å². The van der Waals surface area contributed by atoms with Crippen LogP contribution in [0.15, 0.2) is 103 Å². The van der Waals surface area contributed by atoms with Crippen molar-refractivity contribution in [2.45, 2.75) is 74.5 Å². The molecule has 50 heteroatoms. The van der Waals surface area contributed by atoms with Gasteiger partial charge in [-0.25, -0.2) is 34.4 Å². The first-order chi connectivity index (χ1) is 38.9. The van der Waals surface area contributed by atoms with Crippen molar-refractivity contribution in [3.63, 3.8) is 0 Å². The minimum Gasteiger partial charge on any atom is -0.344 e. The Balaban J connectivity index is -0.00000104. The third-order valence-electron chi connectivity index (χ3n) is 9.48. The van der Waals surface area contributed by atoms with E-state index in [1.165, 1.54) is 15.9 Å². The van der Waals surface area contributed by atoms with Gasteiger partial charge >= 0.3 is 78.9 Å². The van der Waals surface area contributed by atoms with E-state index in [-0.39, 0.29) is 6.15 Å². The Labute approximate surface area is 499 Å². The SMILES string of the molecule is FC(F)(Br)Br.N.O=C(CC(F)(F)F)C(F)(F)C(F)(F)F.O=C1C(F)(C(F)(F)F)CNCS(=O)(=O)C1(F)C(F)(F)F.O=S(=O)(F)F.O=S1(=O)CNCC(F)(C(F)(F)F)C(=C(F)F)C1(F)C(F)(F)F.O=S=O.c1ccc(P(c2ccccc2)c2ccccc2)cc1. The number of rotatable bonds is 5. The summed E-state index contributed by atoms with van der Waals surface area (Å²) < 4.78 is 439. The van der Waals surface area contributed by atoms with Gasteiger partial charge in [0.05, 0.1) is 0 Å². The van der Waals surface area contributed by atoms with Crippen molar-refractivity contribution >= 4 is 109 Å². The van der Waals surface area contributed by atoms with Gasteiger partial charge in [-0.1, -0.05) is 98.8 Å². The maximum absolute atomic E-state index is 14.0. The van der Waals surface area contributed by atoms with Crippen LogP contribution in [0.5, 0.6) is 0 Å². The fourth-order valence-electron chi connectivity index (χ4n) is 5.88. The number of ketones is 2. The second kappa shape index (κ2) is 32.4. The summed E-state index contributed by atoms with van der Waals surface area (Å²) in [5, 5.41) is -5.81. The highest BCUT2D eigenvalue weighted by Gasteiger charge is 2.81. The van der Waals surface area contributed by atoms with E-state index in [4.69, 9.17) is 16.8 Å². The Bertz CT molecular complexity index is 3080. The molecule has 0 spiro atoms. The van der Waals surface area contributed by atoms with Gasteiger partial charge in [0.2, 0.25) is 36.9 Å². The molecule has 3 aromatic carbocycles. The molecule has 0 aliphatic carbocycles. The van der Waals surface area contributed by atoms with Crippen LogP contribution in [0.25, 0.3) is 0 Å². The van der Waals surface area contributed by atoms with Crippen molar-refractivity contribution < 1.29 is 174 Å². The average Bonchev–Trinajstić information content (AvgIpc) is 1.76. The first kappa shape index (κ1) is 88.8. The molecule has 0 aromatic heterocycles. The lowest BCUT2D eigenvalue weighted by atomic mass is 9.91. The molecule has 89 heavy (non-hydrogen) atoms. The van der Waals surface area contributed by atoms with Crippen molar-refractivity contribution in [2.75, 3.05) is 24.8 Å². The lowest BCUT2D eigenvalue weighted by molar-refractivity contribution is -0.272. The molecule has 5 rings (SSSR count). The molecule has 0 bridgehead atoms. The summed E-state index contributed by atoms with van der Waals surface area (Å²) in [6.07, 6.45) is -44.5. The van der Waals surface area contributed by atoms with E-state index in [9.17, 15) is 157 Å². The van der Waals surface area contributed by atoms with Crippen LogP contribution in [0.4, 0.5) is 131 Å². The number of hydrogen-bond acceptors (Lipinski definition) is 13. The van der Waals surface area contributed by atoms with Crippen LogP contribution < -0.4 is 32.7 Å². The average molecular weight is 1590 g/mol. The number of alkyl halides is 28. The van der Waals surface area contributed by atoms with E-state index in [1.807, 2.05) is 31.9 Å². The molecule has 2 aliphatic heterocycles. The molecule has 0 radical (unpaired) electrons.